The van der Waals surface area contributed by atoms with Crippen LogP contribution >= 0.6 is 0 Å². The van der Waals surface area contributed by atoms with Gasteiger partial charge >= 0.3 is 5.97 Å². The third-order valence-electron chi connectivity index (χ3n) is 2.47. The van der Waals surface area contributed by atoms with E-state index in [0.717, 1.165) is 19.3 Å². The predicted octanol–water partition coefficient (Wildman–Crippen LogP) is 0.827. The number of rotatable bonds is 8. The second kappa shape index (κ2) is 8.10. The van der Waals surface area contributed by atoms with E-state index in [0.29, 0.717) is 19.4 Å². The molecule has 0 aromatic heterocycles. The first-order valence-electron chi connectivity index (χ1n) is 5.71. The summed E-state index contributed by atoms with van der Waals surface area (Å²) in [6.45, 7) is 2.64. The SMILES string of the molecule is CCCC(=O)N(C)CCCCC(N)C(=O)O. The van der Waals surface area contributed by atoms with Crippen LogP contribution in [0.15, 0.2) is 0 Å². The summed E-state index contributed by atoms with van der Waals surface area (Å²) in [4.78, 5) is 23.5. The van der Waals surface area contributed by atoms with Crippen LogP contribution in [0.3, 0.4) is 0 Å². The van der Waals surface area contributed by atoms with Gasteiger partial charge in [0.1, 0.15) is 6.04 Å². The summed E-state index contributed by atoms with van der Waals surface area (Å²) in [6, 6.07) is -0.781. The maximum atomic E-state index is 11.4. The highest BCUT2D eigenvalue weighted by molar-refractivity contribution is 5.75. The van der Waals surface area contributed by atoms with Gasteiger partial charge < -0.3 is 15.7 Å². The van der Waals surface area contributed by atoms with E-state index in [9.17, 15) is 9.59 Å². The number of nitrogens with two attached hydrogens (primary N) is 1. The number of unbranched alkanes of at least 4 members (excludes halogenated alkanes) is 1. The molecule has 0 aromatic carbocycles. The minimum Gasteiger partial charge on any atom is -0.480 e. The van der Waals surface area contributed by atoms with E-state index in [1.54, 1.807) is 11.9 Å². The highest BCUT2D eigenvalue weighted by Gasteiger charge is 2.11. The monoisotopic (exact) mass is 230 g/mol. The smallest absolute Gasteiger partial charge is 0.320 e. The van der Waals surface area contributed by atoms with Crippen molar-refractivity contribution in [1.82, 2.24) is 4.90 Å². The molecule has 0 heterocycles. The summed E-state index contributed by atoms with van der Waals surface area (Å²) in [6.07, 6.45) is 3.42. The lowest BCUT2D eigenvalue weighted by atomic mass is 10.1. The molecule has 0 saturated heterocycles. The molecule has 1 amide bonds. The minimum atomic E-state index is -0.963. The van der Waals surface area contributed by atoms with Crippen molar-refractivity contribution in [3.8, 4) is 0 Å². The zero-order valence-electron chi connectivity index (χ0n) is 10.1. The molecule has 5 heteroatoms. The molecule has 0 aromatic rings. The standard InChI is InChI=1S/C11H22N2O3/c1-3-6-10(14)13(2)8-5-4-7-9(12)11(15)16/h9H,3-8,12H2,1-2H3,(H,15,16). The Morgan fingerprint density at radius 2 is 2.00 bits per heavy atom. The summed E-state index contributed by atoms with van der Waals surface area (Å²) in [7, 11) is 1.77. The lowest BCUT2D eigenvalue weighted by molar-refractivity contribution is -0.138. The van der Waals surface area contributed by atoms with Crippen LogP contribution in [0.2, 0.25) is 0 Å². The van der Waals surface area contributed by atoms with Gasteiger partial charge in [-0.1, -0.05) is 6.92 Å². The predicted molar refractivity (Wildman–Crippen MR) is 62.0 cm³/mol. The van der Waals surface area contributed by atoms with Crippen molar-refractivity contribution in [3.05, 3.63) is 0 Å². The topological polar surface area (TPSA) is 83.6 Å². The van der Waals surface area contributed by atoms with Crippen LogP contribution in [0, 0.1) is 0 Å². The molecular weight excluding hydrogens is 208 g/mol. The molecule has 0 rings (SSSR count). The molecule has 16 heavy (non-hydrogen) atoms. The summed E-state index contributed by atoms with van der Waals surface area (Å²) in [5.41, 5.74) is 5.36. The van der Waals surface area contributed by atoms with E-state index in [4.69, 9.17) is 10.8 Å². The van der Waals surface area contributed by atoms with E-state index < -0.39 is 12.0 Å². The van der Waals surface area contributed by atoms with Crippen molar-refractivity contribution in [1.29, 1.82) is 0 Å². The molecule has 0 aliphatic carbocycles. The first-order valence-corrected chi connectivity index (χ1v) is 5.71. The molecule has 0 bridgehead atoms. The van der Waals surface area contributed by atoms with E-state index >= 15 is 0 Å². The lowest BCUT2D eigenvalue weighted by Gasteiger charge is -2.16. The van der Waals surface area contributed by atoms with Crippen LogP contribution < -0.4 is 5.73 Å². The van der Waals surface area contributed by atoms with Gasteiger partial charge in [0.05, 0.1) is 0 Å². The Morgan fingerprint density at radius 3 is 2.50 bits per heavy atom. The molecule has 1 unspecified atom stereocenters. The van der Waals surface area contributed by atoms with Gasteiger partial charge in [-0.05, 0) is 25.7 Å². The van der Waals surface area contributed by atoms with Crippen molar-refractivity contribution in [2.45, 2.75) is 45.1 Å². The number of carbonyl (C=O) groups excluding carboxylic acids is 1. The number of carbonyl (C=O) groups is 2. The van der Waals surface area contributed by atoms with Crippen molar-refractivity contribution in [3.63, 3.8) is 0 Å². The van der Waals surface area contributed by atoms with Gasteiger partial charge in [0, 0.05) is 20.0 Å². The first-order chi connectivity index (χ1) is 7.49. The zero-order chi connectivity index (χ0) is 12.6. The lowest BCUT2D eigenvalue weighted by Crippen LogP contribution is -2.31. The molecule has 0 radical (unpaired) electrons. The first kappa shape index (κ1) is 14.9. The van der Waals surface area contributed by atoms with E-state index in [1.165, 1.54) is 0 Å². The molecule has 0 saturated carbocycles. The number of aliphatic carboxylic acids is 1. The summed E-state index contributed by atoms with van der Waals surface area (Å²) >= 11 is 0. The number of carboxylic acids is 1. The molecule has 0 fully saturated rings. The van der Waals surface area contributed by atoms with Crippen LogP contribution in [0.5, 0.6) is 0 Å². The second-order valence-electron chi connectivity index (χ2n) is 4.01. The Hall–Kier alpha value is -1.10. The number of carboxylic acid groups (broad SMARTS) is 1. The van der Waals surface area contributed by atoms with Gasteiger partial charge in [-0.15, -0.1) is 0 Å². The fourth-order valence-electron chi connectivity index (χ4n) is 1.37. The molecule has 5 nitrogen and oxygen atoms in total. The van der Waals surface area contributed by atoms with Crippen molar-refractivity contribution in [2.75, 3.05) is 13.6 Å². The summed E-state index contributed by atoms with van der Waals surface area (Å²) in [5.74, 6) is -0.819. The van der Waals surface area contributed by atoms with Crippen LogP contribution in [0.25, 0.3) is 0 Å². The van der Waals surface area contributed by atoms with Crippen LogP contribution in [-0.4, -0.2) is 41.5 Å². The number of amides is 1. The molecule has 0 aliphatic heterocycles. The Bertz CT molecular complexity index is 231. The maximum Gasteiger partial charge on any atom is 0.320 e. The zero-order valence-corrected chi connectivity index (χ0v) is 10.1. The van der Waals surface area contributed by atoms with E-state index in [2.05, 4.69) is 0 Å². The van der Waals surface area contributed by atoms with Crippen molar-refractivity contribution >= 4 is 11.9 Å². The Balaban J connectivity index is 3.58. The van der Waals surface area contributed by atoms with Gasteiger partial charge in [-0.2, -0.15) is 0 Å². The number of hydrogen-bond acceptors (Lipinski definition) is 3. The van der Waals surface area contributed by atoms with Gasteiger partial charge in [-0.25, -0.2) is 0 Å². The average molecular weight is 230 g/mol. The Kier molecular flexibility index (Phi) is 7.54. The summed E-state index contributed by atoms with van der Waals surface area (Å²) in [5, 5.41) is 8.56. The highest BCUT2D eigenvalue weighted by Crippen LogP contribution is 2.02. The molecule has 0 aliphatic rings. The van der Waals surface area contributed by atoms with Gasteiger partial charge in [0.2, 0.25) is 5.91 Å². The number of nitrogens with zero attached hydrogens (tertiary/aromatic N) is 1. The van der Waals surface area contributed by atoms with Gasteiger partial charge in [0.25, 0.3) is 0 Å². The molecule has 94 valence electrons. The Morgan fingerprint density at radius 1 is 1.38 bits per heavy atom. The summed E-state index contributed by atoms with van der Waals surface area (Å²) < 4.78 is 0. The van der Waals surface area contributed by atoms with E-state index in [1.807, 2.05) is 6.92 Å². The fourth-order valence-corrected chi connectivity index (χ4v) is 1.37. The van der Waals surface area contributed by atoms with Crippen molar-refractivity contribution in [2.24, 2.45) is 5.73 Å². The molecular formula is C11H22N2O3. The molecule has 0 spiro atoms. The van der Waals surface area contributed by atoms with Gasteiger partial charge in [0.15, 0.2) is 0 Å². The van der Waals surface area contributed by atoms with Gasteiger partial charge in [-0.3, -0.25) is 9.59 Å². The molecule has 1 atom stereocenters. The average Bonchev–Trinajstić information content (AvgIpc) is 2.23. The largest absolute Gasteiger partial charge is 0.480 e. The normalized spacial score (nSPS) is 12.2. The van der Waals surface area contributed by atoms with Crippen LogP contribution in [0.4, 0.5) is 0 Å². The van der Waals surface area contributed by atoms with Crippen LogP contribution in [-0.2, 0) is 9.59 Å². The fraction of sp³-hybridized carbons (Fsp3) is 0.818. The maximum absolute atomic E-state index is 11.4. The third kappa shape index (κ3) is 6.40. The molecule has 3 N–H and O–H groups in total. The minimum absolute atomic E-state index is 0.144. The van der Waals surface area contributed by atoms with E-state index in [-0.39, 0.29) is 5.91 Å². The van der Waals surface area contributed by atoms with Crippen molar-refractivity contribution < 1.29 is 14.7 Å². The Labute approximate surface area is 96.6 Å². The quantitative estimate of drug-likeness (QED) is 0.605. The second-order valence-corrected chi connectivity index (χ2v) is 4.01. The van der Waals surface area contributed by atoms with Crippen LogP contribution in [0.1, 0.15) is 39.0 Å². The third-order valence-corrected chi connectivity index (χ3v) is 2.47. The number of hydrogen-bond donors (Lipinski definition) is 2. The highest BCUT2D eigenvalue weighted by atomic mass is 16.4.